The zero-order valence-corrected chi connectivity index (χ0v) is 10.0. The Balaban J connectivity index is 2.43. The fourth-order valence-corrected chi connectivity index (χ4v) is 1.44. The molecular weight excluding hydrogens is 244 g/mol. The first-order valence-corrected chi connectivity index (χ1v) is 5.38. The monoisotopic (exact) mass is 258 g/mol. The lowest BCUT2D eigenvalue weighted by Gasteiger charge is -2.13. The van der Waals surface area contributed by atoms with Crippen LogP contribution in [0.25, 0.3) is 0 Å². The van der Waals surface area contributed by atoms with Gasteiger partial charge >= 0.3 is 0 Å². The van der Waals surface area contributed by atoms with Gasteiger partial charge in [0.15, 0.2) is 0 Å². The van der Waals surface area contributed by atoms with Gasteiger partial charge in [-0.1, -0.05) is 15.9 Å². The summed E-state index contributed by atoms with van der Waals surface area (Å²) in [5.74, 6) is 0.892. The molecule has 1 unspecified atom stereocenters. The molecule has 0 saturated carbocycles. The summed E-state index contributed by atoms with van der Waals surface area (Å²) in [4.78, 5) is 4.21. The predicted molar refractivity (Wildman–Crippen MR) is 61.5 cm³/mol. The maximum Gasteiger partial charge on any atom is 0.127 e. The smallest absolute Gasteiger partial charge is 0.127 e. The second-order valence-corrected chi connectivity index (χ2v) is 4.10. The fourth-order valence-electron chi connectivity index (χ4n) is 1.10. The number of rotatable bonds is 5. The van der Waals surface area contributed by atoms with Gasteiger partial charge < -0.3 is 10.1 Å². The van der Waals surface area contributed by atoms with Crippen LogP contribution in [0.1, 0.15) is 13.3 Å². The van der Waals surface area contributed by atoms with E-state index in [0.717, 1.165) is 23.3 Å². The van der Waals surface area contributed by atoms with E-state index in [2.05, 4.69) is 33.2 Å². The molecule has 1 aromatic rings. The maximum absolute atomic E-state index is 5.00. The number of ether oxygens (including phenoxy) is 1. The Bertz CT molecular complexity index is 281. The van der Waals surface area contributed by atoms with Crippen LogP contribution >= 0.6 is 15.9 Å². The highest BCUT2D eigenvalue weighted by Gasteiger charge is 2.02. The lowest BCUT2D eigenvalue weighted by Crippen LogP contribution is -2.17. The first-order valence-electron chi connectivity index (χ1n) is 4.59. The quantitative estimate of drug-likeness (QED) is 0.882. The zero-order valence-electron chi connectivity index (χ0n) is 8.46. The second-order valence-electron chi connectivity index (χ2n) is 3.19. The predicted octanol–water partition coefficient (Wildman–Crippen LogP) is 2.68. The van der Waals surface area contributed by atoms with Crippen LogP contribution in [0.3, 0.4) is 0 Å². The van der Waals surface area contributed by atoms with Gasteiger partial charge in [0.05, 0.1) is 0 Å². The molecule has 1 N–H and O–H groups in total. The van der Waals surface area contributed by atoms with Crippen molar-refractivity contribution in [1.82, 2.24) is 4.98 Å². The molecule has 0 aromatic carbocycles. The summed E-state index contributed by atoms with van der Waals surface area (Å²) in [6.07, 6.45) is 2.75. The van der Waals surface area contributed by atoms with Crippen LogP contribution in [-0.2, 0) is 4.74 Å². The van der Waals surface area contributed by atoms with E-state index in [1.807, 2.05) is 12.1 Å². The van der Waals surface area contributed by atoms with Crippen LogP contribution in [0, 0.1) is 0 Å². The van der Waals surface area contributed by atoms with E-state index in [1.165, 1.54) is 0 Å². The van der Waals surface area contributed by atoms with E-state index in [4.69, 9.17) is 4.74 Å². The maximum atomic E-state index is 5.00. The molecule has 0 spiro atoms. The van der Waals surface area contributed by atoms with Crippen LogP contribution in [-0.4, -0.2) is 24.7 Å². The van der Waals surface area contributed by atoms with E-state index in [9.17, 15) is 0 Å². The van der Waals surface area contributed by atoms with Crippen LogP contribution in [0.4, 0.5) is 5.82 Å². The van der Waals surface area contributed by atoms with Crippen molar-refractivity contribution in [3.8, 4) is 0 Å². The second kappa shape index (κ2) is 5.98. The summed E-state index contributed by atoms with van der Waals surface area (Å²) in [6.45, 7) is 2.88. The van der Waals surface area contributed by atoms with Crippen LogP contribution in [0.2, 0.25) is 0 Å². The van der Waals surface area contributed by atoms with Crippen molar-refractivity contribution in [2.24, 2.45) is 0 Å². The highest BCUT2D eigenvalue weighted by atomic mass is 79.9. The third-order valence-corrected chi connectivity index (χ3v) is 2.36. The largest absolute Gasteiger partial charge is 0.385 e. The molecule has 4 heteroatoms. The van der Waals surface area contributed by atoms with Gasteiger partial charge in [-0.15, -0.1) is 0 Å². The third-order valence-electron chi connectivity index (χ3n) is 1.87. The minimum Gasteiger partial charge on any atom is -0.385 e. The molecular formula is C10H15BrN2O. The number of nitrogens with zero attached hydrogens (tertiary/aromatic N) is 1. The SMILES string of the molecule is COCCC(C)Nc1cc(Br)ccn1. The van der Waals surface area contributed by atoms with E-state index in [-0.39, 0.29) is 0 Å². The lowest BCUT2D eigenvalue weighted by atomic mass is 10.2. The number of methoxy groups -OCH3 is 1. The Morgan fingerprint density at radius 1 is 1.64 bits per heavy atom. The zero-order chi connectivity index (χ0) is 10.4. The summed E-state index contributed by atoms with van der Waals surface area (Å²) in [7, 11) is 1.71. The number of halogens is 1. The third kappa shape index (κ3) is 4.07. The van der Waals surface area contributed by atoms with E-state index in [1.54, 1.807) is 13.3 Å². The topological polar surface area (TPSA) is 34.1 Å². The summed E-state index contributed by atoms with van der Waals surface area (Å²) >= 11 is 3.40. The first-order chi connectivity index (χ1) is 6.72. The molecule has 0 aliphatic carbocycles. The molecule has 1 atom stereocenters. The standard InChI is InChI=1S/C10H15BrN2O/c1-8(4-6-14-2)13-10-7-9(11)3-5-12-10/h3,5,7-8H,4,6H2,1-2H3,(H,12,13). The van der Waals surface area contributed by atoms with Crippen LogP contribution in [0.15, 0.2) is 22.8 Å². The number of aromatic nitrogens is 1. The Morgan fingerprint density at radius 2 is 2.43 bits per heavy atom. The van der Waals surface area contributed by atoms with Crippen molar-refractivity contribution in [2.75, 3.05) is 19.0 Å². The molecule has 1 aromatic heterocycles. The Morgan fingerprint density at radius 3 is 3.07 bits per heavy atom. The number of pyridine rings is 1. The average Bonchev–Trinajstić information content (AvgIpc) is 2.15. The molecule has 0 bridgehead atoms. The first kappa shape index (κ1) is 11.5. The van der Waals surface area contributed by atoms with Crippen molar-refractivity contribution in [1.29, 1.82) is 0 Å². The van der Waals surface area contributed by atoms with Gasteiger partial charge in [-0.05, 0) is 25.5 Å². The summed E-state index contributed by atoms with van der Waals surface area (Å²) < 4.78 is 6.04. The molecule has 0 amide bonds. The number of nitrogens with one attached hydrogen (secondary N) is 1. The van der Waals surface area contributed by atoms with Gasteiger partial charge in [-0.2, -0.15) is 0 Å². The highest BCUT2D eigenvalue weighted by Crippen LogP contribution is 2.13. The van der Waals surface area contributed by atoms with Crippen molar-refractivity contribution >= 4 is 21.7 Å². The molecule has 0 aliphatic heterocycles. The molecule has 14 heavy (non-hydrogen) atoms. The van der Waals surface area contributed by atoms with E-state index >= 15 is 0 Å². The molecule has 0 radical (unpaired) electrons. The van der Waals surface area contributed by atoms with E-state index < -0.39 is 0 Å². The van der Waals surface area contributed by atoms with Gasteiger partial charge in [0, 0.05) is 30.4 Å². The van der Waals surface area contributed by atoms with Crippen molar-refractivity contribution < 1.29 is 4.74 Å². The van der Waals surface area contributed by atoms with Gasteiger partial charge in [0.25, 0.3) is 0 Å². The van der Waals surface area contributed by atoms with Crippen LogP contribution in [0.5, 0.6) is 0 Å². The highest BCUT2D eigenvalue weighted by molar-refractivity contribution is 9.10. The molecule has 3 nitrogen and oxygen atoms in total. The van der Waals surface area contributed by atoms with Crippen LogP contribution < -0.4 is 5.32 Å². The Labute approximate surface area is 93.0 Å². The summed E-state index contributed by atoms with van der Waals surface area (Å²) in [5, 5.41) is 3.30. The number of hydrogen-bond acceptors (Lipinski definition) is 3. The molecule has 1 rings (SSSR count). The van der Waals surface area contributed by atoms with E-state index in [0.29, 0.717) is 6.04 Å². The summed E-state index contributed by atoms with van der Waals surface area (Å²) in [5.41, 5.74) is 0. The molecule has 0 aliphatic rings. The number of hydrogen-bond donors (Lipinski definition) is 1. The minimum atomic E-state index is 0.372. The Hall–Kier alpha value is -0.610. The van der Waals surface area contributed by atoms with Crippen molar-refractivity contribution in [2.45, 2.75) is 19.4 Å². The molecule has 0 fully saturated rings. The normalized spacial score (nSPS) is 12.5. The van der Waals surface area contributed by atoms with Gasteiger partial charge in [-0.3, -0.25) is 0 Å². The fraction of sp³-hybridized carbons (Fsp3) is 0.500. The average molecular weight is 259 g/mol. The lowest BCUT2D eigenvalue weighted by molar-refractivity contribution is 0.191. The van der Waals surface area contributed by atoms with Crippen molar-refractivity contribution in [3.05, 3.63) is 22.8 Å². The van der Waals surface area contributed by atoms with Gasteiger partial charge in [0.1, 0.15) is 5.82 Å². The molecule has 78 valence electrons. The Kier molecular flexibility index (Phi) is 4.90. The van der Waals surface area contributed by atoms with Gasteiger partial charge in [-0.25, -0.2) is 4.98 Å². The number of anilines is 1. The molecule has 1 heterocycles. The van der Waals surface area contributed by atoms with Crippen molar-refractivity contribution in [3.63, 3.8) is 0 Å². The van der Waals surface area contributed by atoms with Gasteiger partial charge in [0.2, 0.25) is 0 Å². The summed E-state index contributed by atoms with van der Waals surface area (Å²) in [6, 6.07) is 4.24. The molecule has 0 saturated heterocycles. The minimum absolute atomic E-state index is 0.372.